The van der Waals surface area contributed by atoms with Crippen LogP contribution in [0.25, 0.3) is 0 Å². The lowest BCUT2D eigenvalue weighted by atomic mass is 10.1. The molecule has 0 spiro atoms. The van der Waals surface area contributed by atoms with Crippen molar-refractivity contribution in [3.8, 4) is 0 Å². The smallest absolute Gasteiger partial charge is 0.145 e. The molecule has 0 aliphatic heterocycles. The normalized spacial score (nSPS) is 10.7. The van der Waals surface area contributed by atoms with Crippen LogP contribution in [-0.4, -0.2) is 10.8 Å². The van der Waals surface area contributed by atoms with Crippen LogP contribution in [0.15, 0.2) is 18.2 Å². The summed E-state index contributed by atoms with van der Waals surface area (Å²) in [6, 6.07) is 4.70. The Hall–Kier alpha value is -1.26. The van der Waals surface area contributed by atoms with Crippen LogP contribution in [0.2, 0.25) is 5.02 Å². The van der Waals surface area contributed by atoms with Crippen molar-refractivity contribution in [1.29, 1.82) is 0 Å². The van der Waals surface area contributed by atoms with E-state index >= 15 is 0 Å². The van der Waals surface area contributed by atoms with Crippen LogP contribution < -0.4 is 0 Å². The van der Waals surface area contributed by atoms with Crippen LogP contribution in [0.1, 0.15) is 21.1 Å². The van der Waals surface area contributed by atoms with Crippen molar-refractivity contribution in [3.63, 3.8) is 0 Å². The quantitative estimate of drug-likeness (QED) is 0.856. The molecule has 0 amide bonds. The molecule has 1 aromatic carbocycles. The predicted octanol–water partition coefficient (Wildman–Crippen LogP) is 3.91. The molecule has 1 aromatic heterocycles. The first kappa shape index (κ1) is 14.2. The number of rotatable bonds is 4. The Labute approximate surface area is 120 Å². The summed E-state index contributed by atoms with van der Waals surface area (Å²) in [5.41, 5.74) is 1.28. The zero-order valence-electron chi connectivity index (χ0n) is 10.7. The van der Waals surface area contributed by atoms with Crippen LogP contribution in [0.4, 0.5) is 4.39 Å². The highest BCUT2D eigenvalue weighted by Gasteiger charge is 2.13. The molecule has 0 saturated carbocycles. The molecule has 0 saturated heterocycles. The van der Waals surface area contributed by atoms with E-state index in [0.29, 0.717) is 5.56 Å². The number of aromatic nitrogens is 1. The van der Waals surface area contributed by atoms with Gasteiger partial charge in [0.15, 0.2) is 0 Å². The van der Waals surface area contributed by atoms with E-state index in [0.717, 1.165) is 15.6 Å². The van der Waals surface area contributed by atoms with Gasteiger partial charge in [0, 0.05) is 11.3 Å². The fourth-order valence-electron chi connectivity index (χ4n) is 1.74. The molecule has 0 unspecified atom stereocenters. The summed E-state index contributed by atoms with van der Waals surface area (Å²) in [5, 5.41) is 0.827. The number of carbonyl (C=O) groups is 1. The van der Waals surface area contributed by atoms with Crippen molar-refractivity contribution in [1.82, 2.24) is 4.98 Å². The van der Waals surface area contributed by atoms with Crippen LogP contribution in [0, 0.1) is 19.7 Å². The largest absolute Gasteiger partial charge is 0.299 e. The molecule has 0 N–H and O–H groups in total. The molecule has 0 radical (unpaired) electrons. The number of nitrogens with zero attached hydrogens (tertiary/aromatic N) is 1. The minimum Gasteiger partial charge on any atom is -0.299 e. The molecule has 0 aliphatic carbocycles. The molecule has 0 aliphatic rings. The summed E-state index contributed by atoms with van der Waals surface area (Å²) in [5.74, 6) is -0.570. The summed E-state index contributed by atoms with van der Waals surface area (Å²) in [6.45, 7) is 3.88. The number of hydrogen-bond donors (Lipinski definition) is 0. The third-order valence-corrected chi connectivity index (χ3v) is 4.21. The summed E-state index contributed by atoms with van der Waals surface area (Å²) >= 11 is 7.19. The molecule has 0 bridgehead atoms. The fraction of sp³-hybridized carbons (Fsp3) is 0.286. The number of carbonyl (C=O) groups excluding carboxylic acids is 1. The van der Waals surface area contributed by atoms with E-state index in [1.165, 1.54) is 17.4 Å². The first-order valence-corrected chi connectivity index (χ1v) is 7.04. The Morgan fingerprint density at radius 3 is 2.74 bits per heavy atom. The second-order valence-corrected chi connectivity index (χ2v) is 6.05. The SMILES string of the molecule is Cc1nc(CC(=O)Cc2cccc(Cl)c2F)sc1C. The van der Waals surface area contributed by atoms with Gasteiger partial charge < -0.3 is 0 Å². The van der Waals surface area contributed by atoms with Gasteiger partial charge in [0.25, 0.3) is 0 Å². The Morgan fingerprint density at radius 1 is 1.37 bits per heavy atom. The zero-order chi connectivity index (χ0) is 14.0. The summed E-state index contributed by atoms with van der Waals surface area (Å²) in [6.07, 6.45) is 0.287. The first-order valence-electron chi connectivity index (χ1n) is 5.85. The Morgan fingerprint density at radius 2 is 2.11 bits per heavy atom. The molecule has 2 nitrogen and oxygen atoms in total. The lowest BCUT2D eigenvalue weighted by Gasteiger charge is -2.03. The number of thiazole rings is 1. The van der Waals surface area contributed by atoms with Crippen molar-refractivity contribution in [2.45, 2.75) is 26.7 Å². The van der Waals surface area contributed by atoms with E-state index < -0.39 is 5.82 Å². The van der Waals surface area contributed by atoms with E-state index in [1.54, 1.807) is 12.1 Å². The standard InChI is InChI=1S/C14H13ClFNOS/c1-8-9(2)19-13(17-8)7-11(18)6-10-4-3-5-12(15)14(10)16/h3-5H,6-7H2,1-2H3. The van der Waals surface area contributed by atoms with Gasteiger partial charge >= 0.3 is 0 Å². The molecule has 0 atom stereocenters. The second-order valence-electron chi connectivity index (χ2n) is 4.35. The minimum absolute atomic E-state index is 0.0457. The molecular formula is C14H13ClFNOS. The molecule has 5 heteroatoms. The highest BCUT2D eigenvalue weighted by atomic mass is 35.5. The maximum atomic E-state index is 13.7. The third kappa shape index (κ3) is 3.39. The van der Waals surface area contributed by atoms with Crippen molar-refractivity contribution in [2.75, 3.05) is 0 Å². The Bertz CT molecular complexity index is 604. The number of benzene rings is 1. The number of hydrogen-bond acceptors (Lipinski definition) is 3. The van der Waals surface area contributed by atoms with E-state index in [4.69, 9.17) is 11.6 Å². The van der Waals surface area contributed by atoms with Crippen molar-refractivity contribution in [2.24, 2.45) is 0 Å². The van der Waals surface area contributed by atoms with Gasteiger partial charge in [-0.1, -0.05) is 23.7 Å². The van der Waals surface area contributed by atoms with Crippen LogP contribution in [0.5, 0.6) is 0 Å². The lowest BCUT2D eigenvalue weighted by Crippen LogP contribution is -2.08. The minimum atomic E-state index is -0.510. The molecule has 100 valence electrons. The average Bonchev–Trinajstić information content (AvgIpc) is 2.64. The predicted molar refractivity (Wildman–Crippen MR) is 75.4 cm³/mol. The maximum Gasteiger partial charge on any atom is 0.145 e. The lowest BCUT2D eigenvalue weighted by molar-refractivity contribution is -0.117. The van der Waals surface area contributed by atoms with Gasteiger partial charge in [-0.05, 0) is 25.5 Å². The molecule has 0 fully saturated rings. The van der Waals surface area contributed by atoms with Gasteiger partial charge in [0.2, 0.25) is 0 Å². The topological polar surface area (TPSA) is 30.0 Å². The summed E-state index contributed by atoms with van der Waals surface area (Å²) < 4.78 is 13.7. The van der Waals surface area contributed by atoms with Crippen LogP contribution in [-0.2, 0) is 17.6 Å². The van der Waals surface area contributed by atoms with E-state index in [1.807, 2.05) is 13.8 Å². The van der Waals surface area contributed by atoms with Crippen molar-refractivity contribution < 1.29 is 9.18 Å². The highest BCUT2D eigenvalue weighted by Crippen LogP contribution is 2.20. The summed E-state index contributed by atoms with van der Waals surface area (Å²) in [4.78, 5) is 17.3. The van der Waals surface area contributed by atoms with Gasteiger partial charge in [-0.3, -0.25) is 4.79 Å². The van der Waals surface area contributed by atoms with Gasteiger partial charge in [0.1, 0.15) is 16.6 Å². The summed E-state index contributed by atoms with van der Waals surface area (Å²) in [7, 11) is 0. The highest BCUT2D eigenvalue weighted by molar-refractivity contribution is 7.11. The molecule has 2 rings (SSSR count). The van der Waals surface area contributed by atoms with E-state index in [9.17, 15) is 9.18 Å². The number of ketones is 1. The van der Waals surface area contributed by atoms with Crippen LogP contribution >= 0.6 is 22.9 Å². The zero-order valence-corrected chi connectivity index (χ0v) is 12.2. The van der Waals surface area contributed by atoms with Gasteiger partial charge in [-0.2, -0.15) is 0 Å². The first-order chi connectivity index (χ1) is 8.97. The van der Waals surface area contributed by atoms with E-state index in [-0.39, 0.29) is 23.6 Å². The molecule has 1 heterocycles. The van der Waals surface area contributed by atoms with Crippen molar-refractivity contribution in [3.05, 3.63) is 50.2 Å². The Kier molecular flexibility index (Phi) is 4.32. The maximum absolute atomic E-state index is 13.7. The monoisotopic (exact) mass is 297 g/mol. The molecular weight excluding hydrogens is 285 g/mol. The van der Waals surface area contributed by atoms with Gasteiger partial charge in [-0.15, -0.1) is 11.3 Å². The number of Topliss-reactive ketones (excluding diaryl/α,β-unsaturated/α-hetero) is 1. The third-order valence-electron chi connectivity index (χ3n) is 2.84. The number of halogens is 2. The van der Waals surface area contributed by atoms with Crippen molar-refractivity contribution >= 4 is 28.7 Å². The Balaban J connectivity index is 2.07. The fourth-order valence-corrected chi connectivity index (χ4v) is 2.90. The molecule has 19 heavy (non-hydrogen) atoms. The van der Waals surface area contributed by atoms with E-state index in [2.05, 4.69) is 4.98 Å². The van der Waals surface area contributed by atoms with Crippen LogP contribution in [0.3, 0.4) is 0 Å². The number of aryl methyl sites for hydroxylation is 2. The second kappa shape index (κ2) is 5.80. The average molecular weight is 298 g/mol. The van der Waals surface area contributed by atoms with Gasteiger partial charge in [0.05, 0.1) is 17.1 Å². The molecule has 2 aromatic rings. The van der Waals surface area contributed by atoms with Gasteiger partial charge in [-0.25, -0.2) is 9.37 Å².